The highest BCUT2D eigenvalue weighted by Gasteiger charge is 2.27. The Morgan fingerprint density at radius 1 is 1.42 bits per heavy atom. The molecular formula is C13H15ClN4O. The minimum absolute atomic E-state index is 0.0338. The van der Waals surface area contributed by atoms with Crippen LogP contribution in [0.15, 0.2) is 18.6 Å². The molecule has 2 aromatic rings. The van der Waals surface area contributed by atoms with Gasteiger partial charge >= 0.3 is 0 Å². The lowest BCUT2D eigenvalue weighted by Gasteiger charge is -2.28. The molecule has 0 spiro atoms. The summed E-state index contributed by atoms with van der Waals surface area (Å²) >= 11 is 6.05. The maximum absolute atomic E-state index is 11.4. The van der Waals surface area contributed by atoms with Crippen molar-refractivity contribution in [2.75, 3.05) is 0 Å². The van der Waals surface area contributed by atoms with Crippen molar-refractivity contribution in [3.63, 3.8) is 0 Å². The topological polar surface area (TPSA) is 73.8 Å². The fourth-order valence-electron chi connectivity index (χ4n) is 2.91. The van der Waals surface area contributed by atoms with E-state index in [1.165, 1.54) is 6.33 Å². The van der Waals surface area contributed by atoms with E-state index in [2.05, 4.69) is 14.5 Å². The standard InChI is InChI=1S/C13H15ClN4O/c14-11-10-4-5-18(13(10)17-7-16-11)9-3-1-2-8(6-9)12(15)19/h4-5,7-9H,1-3,6H2,(H2,15,19)/t8-,9+/m0/s1. The summed E-state index contributed by atoms with van der Waals surface area (Å²) < 4.78 is 2.10. The molecule has 5 nitrogen and oxygen atoms in total. The van der Waals surface area contributed by atoms with Crippen molar-refractivity contribution in [2.45, 2.75) is 31.7 Å². The number of fused-ring (bicyclic) bond motifs is 1. The average Bonchev–Trinajstić information content (AvgIpc) is 2.84. The third-order valence-corrected chi connectivity index (χ3v) is 4.20. The molecule has 1 amide bonds. The third kappa shape index (κ3) is 2.18. The molecule has 0 unspecified atom stereocenters. The average molecular weight is 279 g/mol. The van der Waals surface area contributed by atoms with Gasteiger partial charge in [0.15, 0.2) is 0 Å². The molecule has 2 N–H and O–H groups in total. The highest BCUT2D eigenvalue weighted by atomic mass is 35.5. The summed E-state index contributed by atoms with van der Waals surface area (Å²) in [6.45, 7) is 0. The van der Waals surface area contributed by atoms with Crippen molar-refractivity contribution in [1.29, 1.82) is 0 Å². The number of hydrogen-bond acceptors (Lipinski definition) is 3. The highest BCUT2D eigenvalue weighted by Crippen LogP contribution is 2.35. The Morgan fingerprint density at radius 2 is 2.26 bits per heavy atom. The van der Waals surface area contributed by atoms with Gasteiger partial charge in [-0.15, -0.1) is 0 Å². The fraction of sp³-hybridized carbons (Fsp3) is 0.462. The van der Waals surface area contributed by atoms with Crippen molar-refractivity contribution in [3.8, 4) is 0 Å². The van der Waals surface area contributed by atoms with Crippen LogP contribution in [0.3, 0.4) is 0 Å². The zero-order valence-corrected chi connectivity index (χ0v) is 11.2. The van der Waals surface area contributed by atoms with Gasteiger partial charge in [-0.2, -0.15) is 0 Å². The third-order valence-electron chi connectivity index (χ3n) is 3.90. The van der Waals surface area contributed by atoms with Gasteiger partial charge in [-0.3, -0.25) is 4.79 Å². The van der Waals surface area contributed by atoms with Crippen LogP contribution in [0.25, 0.3) is 11.0 Å². The molecule has 1 aliphatic rings. The van der Waals surface area contributed by atoms with E-state index in [1.807, 2.05) is 12.3 Å². The molecule has 3 rings (SSSR count). The number of rotatable bonds is 2. The molecule has 1 fully saturated rings. The Morgan fingerprint density at radius 3 is 3.05 bits per heavy atom. The molecule has 2 heterocycles. The number of aromatic nitrogens is 3. The maximum Gasteiger partial charge on any atom is 0.220 e. The number of hydrogen-bond donors (Lipinski definition) is 1. The molecule has 100 valence electrons. The van der Waals surface area contributed by atoms with Crippen LogP contribution in [0.5, 0.6) is 0 Å². The molecule has 2 aromatic heterocycles. The number of primary amides is 1. The Bertz CT molecular complexity index is 624. The number of nitrogens with zero attached hydrogens (tertiary/aromatic N) is 3. The molecule has 1 aliphatic carbocycles. The van der Waals surface area contributed by atoms with E-state index in [4.69, 9.17) is 17.3 Å². The first kappa shape index (κ1) is 12.4. The molecule has 1 saturated carbocycles. The summed E-state index contributed by atoms with van der Waals surface area (Å²) in [5.41, 5.74) is 6.25. The number of amides is 1. The molecule has 0 aliphatic heterocycles. The van der Waals surface area contributed by atoms with E-state index in [0.29, 0.717) is 5.15 Å². The second-order valence-corrected chi connectivity index (χ2v) is 5.40. The summed E-state index contributed by atoms with van der Waals surface area (Å²) in [7, 11) is 0. The lowest BCUT2D eigenvalue weighted by molar-refractivity contribution is -0.123. The van der Waals surface area contributed by atoms with Gasteiger partial charge in [0, 0.05) is 18.2 Å². The van der Waals surface area contributed by atoms with Crippen molar-refractivity contribution < 1.29 is 4.79 Å². The van der Waals surface area contributed by atoms with Gasteiger partial charge in [0.2, 0.25) is 5.91 Å². The Kier molecular flexibility index (Phi) is 3.14. The lowest BCUT2D eigenvalue weighted by Crippen LogP contribution is -2.29. The van der Waals surface area contributed by atoms with Gasteiger partial charge in [0.1, 0.15) is 17.1 Å². The fourth-order valence-corrected chi connectivity index (χ4v) is 3.10. The van der Waals surface area contributed by atoms with Crippen molar-refractivity contribution in [3.05, 3.63) is 23.7 Å². The first-order valence-electron chi connectivity index (χ1n) is 6.43. The maximum atomic E-state index is 11.4. The van der Waals surface area contributed by atoms with E-state index >= 15 is 0 Å². The summed E-state index contributed by atoms with van der Waals surface area (Å²) in [4.78, 5) is 19.6. The van der Waals surface area contributed by atoms with Crippen LogP contribution < -0.4 is 5.73 Å². The number of carbonyl (C=O) groups is 1. The van der Waals surface area contributed by atoms with Gasteiger partial charge in [0.25, 0.3) is 0 Å². The Labute approximate surface area is 115 Å². The van der Waals surface area contributed by atoms with Crippen LogP contribution in [0.4, 0.5) is 0 Å². The lowest BCUT2D eigenvalue weighted by atomic mass is 9.85. The van der Waals surface area contributed by atoms with Gasteiger partial charge < -0.3 is 10.3 Å². The molecule has 0 aromatic carbocycles. The van der Waals surface area contributed by atoms with Gasteiger partial charge in [0.05, 0.1) is 5.39 Å². The first-order valence-corrected chi connectivity index (χ1v) is 6.81. The molecular weight excluding hydrogens is 264 g/mol. The van der Waals surface area contributed by atoms with Crippen LogP contribution in [-0.2, 0) is 4.79 Å². The van der Waals surface area contributed by atoms with E-state index in [0.717, 1.165) is 36.7 Å². The van der Waals surface area contributed by atoms with Crippen LogP contribution in [-0.4, -0.2) is 20.4 Å². The molecule has 0 radical (unpaired) electrons. The van der Waals surface area contributed by atoms with Crippen molar-refractivity contribution in [2.24, 2.45) is 11.7 Å². The van der Waals surface area contributed by atoms with Crippen LogP contribution in [0, 0.1) is 5.92 Å². The number of nitrogens with two attached hydrogens (primary N) is 1. The predicted molar refractivity (Wildman–Crippen MR) is 72.7 cm³/mol. The predicted octanol–water partition coefficient (Wildman–Crippen LogP) is 2.30. The SMILES string of the molecule is NC(=O)[C@H]1CCC[C@@H](n2ccc3c(Cl)ncnc32)C1. The minimum Gasteiger partial charge on any atom is -0.369 e. The monoisotopic (exact) mass is 278 g/mol. The first-order chi connectivity index (χ1) is 9.16. The summed E-state index contributed by atoms with van der Waals surface area (Å²) in [5.74, 6) is -0.234. The number of halogens is 1. The second kappa shape index (κ2) is 4.81. The summed E-state index contributed by atoms with van der Waals surface area (Å²) in [5, 5.41) is 1.32. The molecule has 0 saturated heterocycles. The molecule has 19 heavy (non-hydrogen) atoms. The summed E-state index contributed by atoms with van der Waals surface area (Å²) in [6, 6.07) is 2.18. The minimum atomic E-state index is -0.200. The zero-order chi connectivity index (χ0) is 13.4. The smallest absolute Gasteiger partial charge is 0.220 e. The van der Waals surface area contributed by atoms with E-state index in [9.17, 15) is 4.79 Å². The quantitative estimate of drug-likeness (QED) is 0.857. The molecule has 6 heteroatoms. The highest BCUT2D eigenvalue weighted by molar-refractivity contribution is 6.33. The largest absolute Gasteiger partial charge is 0.369 e. The van der Waals surface area contributed by atoms with Crippen LogP contribution in [0.2, 0.25) is 5.15 Å². The Hall–Kier alpha value is -1.62. The van der Waals surface area contributed by atoms with Gasteiger partial charge in [-0.05, 0) is 25.3 Å². The van der Waals surface area contributed by atoms with E-state index in [-0.39, 0.29) is 17.9 Å². The van der Waals surface area contributed by atoms with Gasteiger partial charge in [-0.25, -0.2) is 9.97 Å². The second-order valence-electron chi connectivity index (χ2n) is 5.04. The summed E-state index contributed by atoms with van der Waals surface area (Å²) in [6.07, 6.45) is 7.16. The number of carbonyl (C=O) groups excluding carboxylic acids is 1. The van der Waals surface area contributed by atoms with Gasteiger partial charge in [-0.1, -0.05) is 18.0 Å². The normalized spacial score (nSPS) is 23.6. The van der Waals surface area contributed by atoms with Crippen molar-refractivity contribution in [1.82, 2.24) is 14.5 Å². The molecule has 2 atom stereocenters. The zero-order valence-electron chi connectivity index (χ0n) is 10.4. The van der Waals surface area contributed by atoms with E-state index < -0.39 is 0 Å². The molecule has 0 bridgehead atoms. The van der Waals surface area contributed by atoms with Crippen LogP contribution >= 0.6 is 11.6 Å². The van der Waals surface area contributed by atoms with Crippen molar-refractivity contribution >= 4 is 28.5 Å². The van der Waals surface area contributed by atoms with Crippen LogP contribution in [0.1, 0.15) is 31.7 Å². The Balaban J connectivity index is 1.96. The van der Waals surface area contributed by atoms with E-state index in [1.54, 1.807) is 0 Å².